The number of halogens is 2. The average Bonchev–Trinajstić information content (AvgIpc) is 2.55. The first-order chi connectivity index (χ1) is 11.0. The highest BCUT2D eigenvalue weighted by molar-refractivity contribution is 6.30. The van der Waals surface area contributed by atoms with E-state index in [1.807, 2.05) is 0 Å². The number of hydrogen-bond acceptors (Lipinski definition) is 2. The number of fused-ring (bicyclic) bond motifs is 1. The number of nitrogens with one attached hydrogen (secondary N) is 1. The summed E-state index contributed by atoms with van der Waals surface area (Å²) in [6.45, 7) is 2.16. The molecular weight excluding hydrogens is 317 g/mol. The molecule has 0 saturated carbocycles. The van der Waals surface area contributed by atoms with Crippen LogP contribution < -0.4 is 10.1 Å². The van der Waals surface area contributed by atoms with Crippen LogP contribution >= 0.6 is 11.6 Å². The summed E-state index contributed by atoms with van der Waals surface area (Å²) in [7, 11) is 0. The Balaban J connectivity index is 1.70. The maximum Gasteiger partial charge on any atom is 0.250 e. The van der Waals surface area contributed by atoms with Gasteiger partial charge in [-0.1, -0.05) is 23.7 Å². The molecular formula is C18H15ClFNO2. The molecule has 0 unspecified atom stereocenters. The highest BCUT2D eigenvalue weighted by atomic mass is 35.5. The lowest BCUT2D eigenvalue weighted by molar-refractivity contribution is -0.117. The van der Waals surface area contributed by atoms with E-state index >= 15 is 0 Å². The number of hydrogen-bond donors (Lipinski definition) is 1. The third kappa shape index (κ3) is 3.54. The molecule has 1 aliphatic heterocycles. The lowest BCUT2D eigenvalue weighted by Gasteiger charge is -2.18. The third-order valence-electron chi connectivity index (χ3n) is 3.67. The molecule has 2 aromatic carbocycles. The second kappa shape index (κ2) is 6.42. The van der Waals surface area contributed by atoms with Gasteiger partial charge in [0, 0.05) is 17.1 Å². The molecule has 23 heavy (non-hydrogen) atoms. The van der Waals surface area contributed by atoms with Gasteiger partial charge in [0.1, 0.15) is 18.2 Å². The fraction of sp³-hybridized carbons (Fsp3) is 0.167. The summed E-state index contributed by atoms with van der Waals surface area (Å²) in [6, 6.07) is 10.2. The van der Waals surface area contributed by atoms with E-state index in [0.717, 1.165) is 5.56 Å². The van der Waals surface area contributed by atoms with Crippen molar-refractivity contribution >= 4 is 23.6 Å². The number of rotatable bonds is 3. The zero-order valence-electron chi connectivity index (χ0n) is 12.5. The van der Waals surface area contributed by atoms with E-state index in [1.165, 1.54) is 6.07 Å². The number of amides is 1. The summed E-state index contributed by atoms with van der Waals surface area (Å²) >= 11 is 5.95. The highest BCUT2D eigenvalue weighted by Gasteiger charge is 2.17. The molecule has 0 saturated heterocycles. The summed E-state index contributed by atoms with van der Waals surface area (Å²) in [5.74, 6) is 0.184. The summed E-state index contributed by atoms with van der Waals surface area (Å²) in [5.41, 5.74) is 2.57. The van der Waals surface area contributed by atoms with Crippen molar-refractivity contribution in [1.82, 2.24) is 5.32 Å². The molecule has 0 spiro atoms. The first-order valence-electron chi connectivity index (χ1n) is 7.19. The lowest BCUT2D eigenvalue weighted by atomic mass is 10.1. The van der Waals surface area contributed by atoms with Crippen molar-refractivity contribution in [2.75, 3.05) is 6.61 Å². The van der Waals surface area contributed by atoms with Gasteiger partial charge in [-0.3, -0.25) is 4.79 Å². The normalized spacial score (nSPS) is 12.9. The first kappa shape index (κ1) is 15.6. The Morgan fingerprint density at radius 2 is 2.13 bits per heavy atom. The van der Waals surface area contributed by atoms with Crippen LogP contribution in [-0.2, 0) is 11.3 Å². The van der Waals surface area contributed by atoms with Crippen LogP contribution in [0.1, 0.15) is 16.7 Å². The van der Waals surface area contributed by atoms with Crippen LogP contribution in [0.4, 0.5) is 4.39 Å². The molecule has 1 heterocycles. The topological polar surface area (TPSA) is 38.3 Å². The Hall–Kier alpha value is -2.33. The van der Waals surface area contributed by atoms with Gasteiger partial charge in [-0.2, -0.15) is 0 Å². The van der Waals surface area contributed by atoms with Crippen LogP contribution in [0, 0.1) is 12.7 Å². The molecule has 0 fully saturated rings. The van der Waals surface area contributed by atoms with Gasteiger partial charge >= 0.3 is 0 Å². The Morgan fingerprint density at radius 1 is 1.30 bits per heavy atom. The fourth-order valence-electron chi connectivity index (χ4n) is 2.32. The highest BCUT2D eigenvalue weighted by Crippen LogP contribution is 2.28. The maximum atomic E-state index is 13.5. The van der Waals surface area contributed by atoms with Gasteiger partial charge < -0.3 is 10.1 Å². The summed E-state index contributed by atoms with van der Waals surface area (Å²) in [5, 5.41) is 3.36. The van der Waals surface area contributed by atoms with E-state index in [1.54, 1.807) is 43.3 Å². The monoisotopic (exact) mass is 331 g/mol. The van der Waals surface area contributed by atoms with Gasteiger partial charge in [0.2, 0.25) is 0 Å². The molecule has 0 aliphatic carbocycles. The second-order valence-electron chi connectivity index (χ2n) is 5.41. The number of aryl methyl sites for hydroxylation is 1. The summed E-state index contributed by atoms with van der Waals surface area (Å²) in [4.78, 5) is 12.2. The predicted octanol–water partition coefficient (Wildman–Crippen LogP) is 3.88. The molecule has 1 aliphatic rings. The Labute approximate surface area is 138 Å². The van der Waals surface area contributed by atoms with Crippen molar-refractivity contribution < 1.29 is 13.9 Å². The van der Waals surface area contributed by atoms with Gasteiger partial charge in [0.25, 0.3) is 5.91 Å². The first-order valence-corrected chi connectivity index (χ1v) is 7.57. The van der Waals surface area contributed by atoms with E-state index in [-0.39, 0.29) is 24.9 Å². The largest absolute Gasteiger partial charge is 0.488 e. The molecule has 5 heteroatoms. The molecule has 3 rings (SSSR count). The molecule has 0 radical (unpaired) electrons. The zero-order chi connectivity index (χ0) is 16.4. The fourth-order valence-corrected chi connectivity index (χ4v) is 2.50. The van der Waals surface area contributed by atoms with Crippen LogP contribution in [0.15, 0.2) is 42.0 Å². The molecule has 1 N–H and O–H groups in total. The molecule has 0 aromatic heterocycles. The SMILES string of the molecule is Cc1ccc(CNC(=O)C2=Cc3cc(Cl)ccc3OC2)cc1F. The molecule has 118 valence electrons. The number of ether oxygens (including phenoxy) is 1. The van der Waals surface area contributed by atoms with Gasteiger partial charge in [-0.05, 0) is 48.4 Å². The molecule has 3 nitrogen and oxygen atoms in total. The number of benzene rings is 2. The van der Waals surface area contributed by atoms with Gasteiger partial charge in [0.15, 0.2) is 0 Å². The van der Waals surface area contributed by atoms with Crippen LogP contribution in [0.5, 0.6) is 5.75 Å². The van der Waals surface area contributed by atoms with E-state index in [9.17, 15) is 9.18 Å². The van der Waals surface area contributed by atoms with Crippen molar-refractivity contribution in [3.8, 4) is 5.75 Å². The van der Waals surface area contributed by atoms with Crippen molar-refractivity contribution in [3.63, 3.8) is 0 Å². The van der Waals surface area contributed by atoms with Crippen LogP contribution in [0.3, 0.4) is 0 Å². The van der Waals surface area contributed by atoms with Gasteiger partial charge in [0.05, 0.1) is 5.57 Å². The van der Waals surface area contributed by atoms with E-state index in [0.29, 0.717) is 27.5 Å². The van der Waals surface area contributed by atoms with Crippen LogP contribution in [0.25, 0.3) is 6.08 Å². The quantitative estimate of drug-likeness (QED) is 0.927. The van der Waals surface area contributed by atoms with Crippen molar-refractivity contribution in [2.24, 2.45) is 0 Å². The van der Waals surface area contributed by atoms with E-state index in [2.05, 4.69) is 5.32 Å². The maximum absolute atomic E-state index is 13.5. The van der Waals surface area contributed by atoms with Crippen molar-refractivity contribution in [3.05, 3.63) is 69.5 Å². The van der Waals surface area contributed by atoms with Crippen LogP contribution in [0.2, 0.25) is 5.02 Å². The third-order valence-corrected chi connectivity index (χ3v) is 3.90. The standard InChI is InChI=1S/C18H15ClFNO2/c1-11-2-3-12(6-16(11)20)9-21-18(22)14-7-13-8-15(19)4-5-17(13)23-10-14/h2-8H,9-10H2,1H3,(H,21,22). The van der Waals surface area contributed by atoms with Crippen molar-refractivity contribution in [1.29, 1.82) is 0 Å². The predicted molar refractivity (Wildman–Crippen MR) is 87.9 cm³/mol. The van der Waals surface area contributed by atoms with Crippen LogP contribution in [-0.4, -0.2) is 12.5 Å². The van der Waals surface area contributed by atoms with E-state index in [4.69, 9.17) is 16.3 Å². The number of carbonyl (C=O) groups is 1. The smallest absolute Gasteiger partial charge is 0.250 e. The Kier molecular flexibility index (Phi) is 4.35. The Morgan fingerprint density at radius 3 is 2.91 bits per heavy atom. The minimum Gasteiger partial charge on any atom is -0.488 e. The lowest BCUT2D eigenvalue weighted by Crippen LogP contribution is -2.28. The van der Waals surface area contributed by atoms with Gasteiger partial charge in [-0.25, -0.2) is 4.39 Å². The van der Waals surface area contributed by atoms with E-state index < -0.39 is 0 Å². The molecule has 0 atom stereocenters. The zero-order valence-corrected chi connectivity index (χ0v) is 13.3. The summed E-state index contributed by atoms with van der Waals surface area (Å²) in [6.07, 6.45) is 1.76. The molecule has 1 amide bonds. The minimum absolute atomic E-state index is 0.197. The molecule has 2 aromatic rings. The average molecular weight is 332 g/mol. The minimum atomic E-state index is -0.277. The van der Waals surface area contributed by atoms with Gasteiger partial charge in [-0.15, -0.1) is 0 Å². The second-order valence-corrected chi connectivity index (χ2v) is 5.84. The van der Waals surface area contributed by atoms with Crippen molar-refractivity contribution in [2.45, 2.75) is 13.5 Å². The Bertz CT molecular complexity index is 802. The number of carbonyl (C=O) groups excluding carboxylic acids is 1. The summed E-state index contributed by atoms with van der Waals surface area (Å²) < 4.78 is 19.1. The molecule has 0 bridgehead atoms.